The zero-order valence-electron chi connectivity index (χ0n) is 16.1. The van der Waals surface area contributed by atoms with Crippen molar-refractivity contribution in [3.05, 3.63) is 54.0 Å². The van der Waals surface area contributed by atoms with Crippen LogP contribution < -0.4 is 16.0 Å². The van der Waals surface area contributed by atoms with Gasteiger partial charge in [0.05, 0.1) is 12.8 Å². The Morgan fingerprint density at radius 1 is 1.22 bits per heavy atom. The fourth-order valence-electron chi connectivity index (χ4n) is 2.49. The van der Waals surface area contributed by atoms with E-state index in [-0.39, 0.29) is 19.0 Å². The summed E-state index contributed by atoms with van der Waals surface area (Å²) < 4.78 is 5.26. The summed E-state index contributed by atoms with van der Waals surface area (Å²) in [6.07, 6.45) is 2.42. The van der Waals surface area contributed by atoms with Gasteiger partial charge >= 0.3 is 0 Å². The zero-order valence-corrected chi connectivity index (χ0v) is 16.1. The van der Waals surface area contributed by atoms with Gasteiger partial charge in [0.1, 0.15) is 17.9 Å². The SMILES string of the molecule is CCNC(=NCC(=O)Nc1cccc(CC)c1)NCC(C)(O)c1ccco1. The van der Waals surface area contributed by atoms with E-state index >= 15 is 0 Å². The third kappa shape index (κ3) is 6.45. The fourth-order valence-corrected chi connectivity index (χ4v) is 2.49. The van der Waals surface area contributed by atoms with Crippen LogP contribution in [0.4, 0.5) is 5.69 Å². The highest BCUT2D eigenvalue weighted by Crippen LogP contribution is 2.19. The Labute approximate surface area is 159 Å². The number of nitrogens with one attached hydrogen (secondary N) is 3. The van der Waals surface area contributed by atoms with Gasteiger partial charge in [0.2, 0.25) is 5.91 Å². The van der Waals surface area contributed by atoms with Crippen LogP contribution >= 0.6 is 0 Å². The molecule has 0 aliphatic heterocycles. The van der Waals surface area contributed by atoms with Gasteiger partial charge in [0.15, 0.2) is 5.96 Å². The number of aliphatic imine (C=N–C) groups is 1. The minimum atomic E-state index is -1.19. The molecule has 0 aliphatic rings. The van der Waals surface area contributed by atoms with E-state index in [0.717, 1.165) is 17.7 Å². The van der Waals surface area contributed by atoms with E-state index in [1.807, 2.05) is 31.2 Å². The van der Waals surface area contributed by atoms with Crippen LogP contribution in [0.2, 0.25) is 0 Å². The highest BCUT2D eigenvalue weighted by Gasteiger charge is 2.26. The van der Waals surface area contributed by atoms with Crippen molar-refractivity contribution < 1.29 is 14.3 Å². The molecule has 0 spiro atoms. The monoisotopic (exact) mass is 372 g/mol. The van der Waals surface area contributed by atoms with Crippen LogP contribution in [0.1, 0.15) is 32.1 Å². The maximum Gasteiger partial charge on any atom is 0.246 e. The fraction of sp³-hybridized carbons (Fsp3) is 0.400. The highest BCUT2D eigenvalue weighted by molar-refractivity contribution is 5.94. The first-order chi connectivity index (χ1) is 12.9. The Bertz CT molecular complexity index is 754. The average Bonchev–Trinajstić information content (AvgIpc) is 3.20. The number of amides is 1. The lowest BCUT2D eigenvalue weighted by Gasteiger charge is -2.22. The molecule has 0 aliphatic carbocycles. The molecule has 7 nitrogen and oxygen atoms in total. The topological polar surface area (TPSA) is 98.9 Å². The number of aryl methyl sites for hydroxylation is 1. The summed E-state index contributed by atoms with van der Waals surface area (Å²) in [5, 5.41) is 19.4. The van der Waals surface area contributed by atoms with E-state index in [1.54, 1.807) is 19.1 Å². The zero-order chi connectivity index (χ0) is 19.7. The second-order valence-corrected chi connectivity index (χ2v) is 6.40. The van der Waals surface area contributed by atoms with Crippen molar-refractivity contribution in [2.45, 2.75) is 32.8 Å². The minimum Gasteiger partial charge on any atom is -0.466 e. The Balaban J connectivity index is 1.92. The van der Waals surface area contributed by atoms with E-state index in [1.165, 1.54) is 6.26 Å². The number of carbonyl (C=O) groups excluding carboxylic acids is 1. The van der Waals surface area contributed by atoms with Crippen molar-refractivity contribution in [1.82, 2.24) is 10.6 Å². The Kier molecular flexibility index (Phi) is 7.43. The van der Waals surface area contributed by atoms with Gasteiger partial charge in [-0.15, -0.1) is 0 Å². The number of rotatable bonds is 8. The van der Waals surface area contributed by atoms with E-state index in [0.29, 0.717) is 18.3 Å². The van der Waals surface area contributed by atoms with Crippen molar-refractivity contribution in [1.29, 1.82) is 0 Å². The maximum absolute atomic E-state index is 12.2. The lowest BCUT2D eigenvalue weighted by atomic mass is 10.0. The van der Waals surface area contributed by atoms with Gasteiger partial charge in [0, 0.05) is 12.2 Å². The quantitative estimate of drug-likeness (QED) is 0.421. The van der Waals surface area contributed by atoms with Crippen LogP contribution in [0.3, 0.4) is 0 Å². The molecule has 1 amide bonds. The molecule has 0 bridgehead atoms. The first-order valence-electron chi connectivity index (χ1n) is 9.12. The van der Waals surface area contributed by atoms with E-state index in [9.17, 15) is 9.90 Å². The van der Waals surface area contributed by atoms with Crippen molar-refractivity contribution >= 4 is 17.6 Å². The van der Waals surface area contributed by atoms with Crippen molar-refractivity contribution in [3.8, 4) is 0 Å². The summed E-state index contributed by atoms with van der Waals surface area (Å²) in [7, 11) is 0. The molecule has 2 rings (SSSR count). The summed E-state index contributed by atoms with van der Waals surface area (Å²) in [6, 6.07) is 11.2. The summed E-state index contributed by atoms with van der Waals surface area (Å²) in [6.45, 7) is 6.43. The second-order valence-electron chi connectivity index (χ2n) is 6.40. The molecule has 0 saturated heterocycles. The number of furan rings is 1. The summed E-state index contributed by atoms with van der Waals surface area (Å²) in [5.74, 6) is 0.694. The molecular weight excluding hydrogens is 344 g/mol. The summed E-state index contributed by atoms with van der Waals surface area (Å²) in [4.78, 5) is 16.4. The van der Waals surface area contributed by atoms with Gasteiger partial charge in [0.25, 0.3) is 0 Å². The molecule has 1 atom stereocenters. The molecule has 2 aromatic rings. The number of guanidine groups is 1. The van der Waals surface area contributed by atoms with Crippen LogP contribution in [0.5, 0.6) is 0 Å². The van der Waals surface area contributed by atoms with Gasteiger partial charge in [-0.3, -0.25) is 4.79 Å². The Morgan fingerprint density at radius 3 is 2.70 bits per heavy atom. The summed E-state index contributed by atoms with van der Waals surface area (Å²) >= 11 is 0. The average molecular weight is 372 g/mol. The van der Waals surface area contributed by atoms with Crippen LogP contribution in [0, 0.1) is 0 Å². The number of carbonyl (C=O) groups is 1. The van der Waals surface area contributed by atoms with Crippen molar-refractivity contribution in [2.75, 3.05) is 25.0 Å². The third-order valence-electron chi connectivity index (χ3n) is 4.00. The minimum absolute atomic E-state index is 0.0332. The first kappa shape index (κ1) is 20.5. The number of anilines is 1. The lowest BCUT2D eigenvalue weighted by Crippen LogP contribution is -2.44. The third-order valence-corrected chi connectivity index (χ3v) is 4.00. The van der Waals surface area contributed by atoms with Crippen LogP contribution in [0.25, 0.3) is 0 Å². The smallest absolute Gasteiger partial charge is 0.246 e. The van der Waals surface area contributed by atoms with Crippen molar-refractivity contribution in [2.24, 2.45) is 4.99 Å². The Hall–Kier alpha value is -2.80. The van der Waals surface area contributed by atoms with Crippen molar-refractivity contribution in [3.63, 3.8) is 0 Å². The number of nitrogens with zero attached hydrogens (tertiary/aromatic N) is 1. The van der Waals surface area contributed by atoms with Gasteiger partial charge in [-0.2, -0.15) is 0 Å². The number of hydrogen-bond donors (Lipinski definition) is 4. The number of hydrogen-bond acceptors (Lipinski definition) is 4. The van der Waals surface area contributed by atoms with Gasteiger partial charge in [-0.05, 0) is 50.1 Å². The molecule has 0 radical (unpaired) electrons. The predicted molar refractivity (Wildman–Crippen MR) is 107 cm³/mol. The van der Waals surface area contributed by atoms with Gasteiger partial charge in [-0.1, -0.05) is 19.1 Å². The number of benzene rings is 1. The predicted octanol–water partition coefficient (Wildman–Crippen LogP) is 2.24. The molecule has 0 saturated carbocycles. The molecular formula is C20H28N4O3. The largest absolute Gasteiger partial charge is 0.466 e. The van der Waals surface area contributed by atoms with Gasteiger partial charge in [-0.25, -0.2) is 4.99 Å². The molecule has 0 fully saturated rings. The molecule has 1 aromatic heterocycles. The highest BCUT2D eigenvalue weighted by atomic mass is 16.4. The molecule has 146 valence electrons. The normalized spacial score (nSPS) is 13.7. The number of aliphatic hydroxyl groups is 1. The second kappa shape index (κ2) is 9.78. The lowest BCUT2D eigenvalue weighted by molar-refractivity contribution is -0.114. The van der Waals surface area contributed by atoms with E-state index in [2.05, 4.69) is 27.9 Å². The molecule has 1 aromatic carbocycles. The molecule has 1 heterocycles. The van der Waals surface area contributed by atoms with Crippen LogP contribution in [-0.2, 0) is 16.8 Å². The maximum atomic E-state index is 12.2. The Morgan fingerprint density at radius 2 is 2.04 bits per heavy atom. The molecule has 1 unspecified atom stereocenters. The van der Waals surface area contributed by atoms with Gasteiger partial charge < -0.3 is 25.5 Å². The molecule has 7 heteroatoms. The standard InChI is InChI=1S/C20H28N4O3/c1-4-15-8-6-9-16(12-15)24-18(25)13-22-19(21-5-2)23-14-20(3,26)17-10-7-11-27-17/h6-12,26H,4-5,13-14H2,1-3H3,(H,24,25)(H2,21,22,23). The molecule has 27 heavy (non-hydrogen) atoms. The van der Waals surface area contributed by atoms with E-state index in [4.69, 9.17) is 4.42 Å². The van der Waals surface area contributed by atoms with Crippen LogP contribution in [-0.4, -0.2) is 36.6 Å². The summed E-state index contributed by atoms with van der Waals surface area (Å²) in [5.41, 5.74) is 0.724. The first-order valence-corrected chi connectivity index (χ1v) is 9.12. The van der Waals surface area contributed by atoms with Crippen LogP contribution in [0.15, 0.2) is 52.1 Å². The molecule has 4 N–H and O–H groups in total. The van der Waals surface area contributed by atoms with E-state index < -0.39 is 5.60 Å².